The van der Waals surface area contributed by atoms with E-state index in [1.165, 1.54) is 5.56 Å². The molecule has 2 atom stereocenters. The summed E-state index contributed by atoms with van der Waals surface area (Å²) in [5.41, 5.74) is 3.20. The van der Waals surface area contributed by atoms with Crippen LogP contribution in [0.1, 0.15) is 98.6 Å². The van der Waals surface area contributed by atoms with Crippen LogP contribution in [-0.2, 0) is 0 Å². The predicted molar refractivity (Wildman–Crippen MR) is 145 cm³/mol. The number of Topliss-reactive ketones (excluding diaryl/α,β-unsaturated/α-hetero) is 1. The molecule has 36 heavy (non-hydrogen) atoms. The highest BCUT2D eigenvalue weighted by Crippen LogP contribution is 2.29. The second-order valence-electron chi connectivity index (χ2n) is 9.76. The Morgan fingerprint density at radius 3 is 1.67 bits per heavy atom. The standard InChI is InChI=1S/C32H38O4/c1-7-22(4)30(33)26-10-12-27(13-11-26)31(34)35-28-18-14-24(15-19-28)23(5)25-16-20-29(21-17-25)36-32(6,8-2)9-3/h10-23H,7-9H2,1-6H3. The van der Waals surface area contributed by atoms with Crippen LogP contribution in [0.3, 0.4) is 0 Å². The number of esters is 1. The van der Waals surface area contributed by atoms with Gasteiger partial charge in [0.15, 0.2) is 5.78 Å². The van der Waals surface area contributed by atoms with Gasteiger partial charge in [-0.2, -0.15) is 0 Å². The molecule has 2 unspecified atom stereocenters. The van der Waals surface area contributed by atoms with Gasteiger partial charge in [0, 0.05) is 17.4 Å². The molecule has 0 radical (unpaired) electrons. The van der Waals surface area contributed by atoms with Gasteiger partial charge in [0.1, 0.15) is 17.1 Å². The van der Waals surface area contributed by atoms with Crippen LogP contribution in [0.25, 0.3) is 0 Å². The molecule has 3 rings (SSSR count). The highest BCUT2D eigenvalue weighted by atomic mass is 16.5. The number of hydrogen-bond donors (Lipinski definition) is 0. The minimum atomic E-state index is -0.444. The number of carbonyl (C=O) groups is 2. The molecule has 0 saturated carbocycles. The van der Waals surface area contributed by atoms with Crippen molar-refractivity contribution in [2.45, 2.75) is 72.3 Å². The van der Waals surface area contributed by atoms with Crippen molar-refractivity contribution >= 4 is 11.8 Å². The lowest BCUT2D eigenvalue weighted by Crippen LogP contribution is -2.30. The van der Waals surface area contributed by atoms with E-state index in [-0.39, 0.29) is 23.2 Å². The van der Waals surface area contributed by atoms with E-state index in [1.807, 2.05) is 50.2 Å². The van der Waals surface area contributed by atoms with Crippen LogP contribution >= 0.6 is 0 Å². The molecular formula is C32H38O4. The Hall–Kier alpha value is -3.40. The first-order valence-electron chi connectivity index (χ1n) is 12.9. The topological polar surface area (TPSA) is 52.6 Å². The molecular weight excluding hydrogens is 448 g/mol. The Bertz CT molecular complexity index is 1140. The Labute approximate surface area is 215 Å². The quantitative estimate of drug-likeness (QED) is 0.156. The Morgan fingerprint density at radius 2 is 1.19 bits per heavy atom. The average Bonchev–Trinajstić information content (AvgIpc) is 2.92. The van der Waals surface area contributed by atoms with Crippen LogP contribution in [0.15, 0.2) is 72.8 Å². The van der Waals surface area contributed by atoms with Gasteiger partial charge in [-0.1, -0.05) is 71.0 Å². The van der Waals surface area contributed by atoms with Crippen molar-refractivity contribution in [3.8, 4) is 11.5 Å². The molecule has 4 heteroatoms. The normalized spacial score (nSPS) is 13.1. The van der Waals surface area contributed by atoms with Gasteiger partial charge in [0.05, 0.1) is 5.56 Å². The van der Waals surface area contributed by atoms with Crippen molar-refractivity contribution in [1.29, 1.82) is 0 Å². The molecule has 0 aliphatic carbocycles. The fourth-order valence-corrected chi connectivity index (χ4v) is 3.93. The number of rotatable bonds is 11. The van der Waals surface area contributed by atoms with Gasteiger partial charge >= 0.3 is 5.97 Å². The summed E-state index contributed by atoms with van der Waals surface area (Å²) in [5.74, 6) is 1.16. The van der Waals surface area contributed by atoms with Crippen LogP contribution in [-0.4, -0.2) is 17.4 Å². The van der Waals surface area contributed by atoms with Gasteiger partial charge in [-0.15, -0.1) is 0 Å². The van der Waals surface area contributed by atoms with Crippen LogP contribution in [0.4, 0.5) is 0 Å². The van der Waals surface area contributed by atoms with Gasteiger partial charge in [0.2, 0.25) is 0 Å². The van der Waals surface area contributed by atoms with Crippen molar-refractivity contribution < 1.29 is 19.1 Å². The summed E-state index contributed by atoms with van der Waals surface area (Å²) in [6.07, 6.45) is 2.71. The third kappa shape index (κ3) is 6.63. The van der Waals surface area contributed by atoms with Crippen molar-refractivity contribution in [3.05, 3.63) is 95.1 Å². The Balaban J connectivity index is 1.62. The first-order valence-corrected chi connectivity index (χ1v) is 12.9. The first-order chi connectivity index (χ1) is 17.2. The second-order valence-corrected chi connectivity index (χ2v) is 9.76. The zero-order valence-corrected chi connectivity index (χ0v) is 22.3. The molecule has 0 fully saturated rings. The fourth-order valence-electron chi connectivity index (χ4n) is 3.93. The van der Waals surface area contributed by atoms with E-state index in [0.717, 1.165) is 30.6 Å². The molecule has 0 saturated heterocycles. The smallest absolute Gasteiger partial charge is 0.343 e. The van der Waals surface area contributed by atoms with Crippen LogP contribution in [0.2, 0.25) is 0 Å². The molecule has 3 aromatic rings. The lowest BCUT2D eigenvalue weighted by Gasteiger charge is -2.28. The lowest BCUT2D eigenvalue weighted by molar-refractivity contribution is 0.0733. The van der Waals surface area contributed by atoms with E-state index < -0.39 is 5.97 Å². The number of ketones is 1. The van der Waals surface area contributed by atoms with E-state index in [4.69, 9.17) is 9.47 Å². The third-order valence-corrected chi connectivity index (χ3v) is 7.30. The molecule has 4 nitrogen and oxygen atoms in total. The molecule has 0 aliphatic rings. The third-order valence-electron chi connectivity index (χ3n) is 7.30. The maximum atomic E-state index is 12.6. The summed E-state index contributed by atoms with van der Waals surface area (Å²) in [5, 5.41) is 0. The minimum absolute atomic E-state index is 0.0344. The van der Waals surface area contributed by atoms with E-state index in [2.05, 4.69) is 39.8 Å². The van der Waals surface area contributed by atoms with Crippen molar-refractivity contribution in [3.63, 3.8) is 0 Å². The van der Waals surface area contributed by atoms with E-state index in [1.54, 1.807) is 24.3 Å². The average molecular weight is 487 g/mol. The Morgan fingerprint density at radius 1 is 0.722 bits per heavy atom. The molecule has 190 valence electrons. The molecule has 3 aromatic carbocycles. The molecule has 0 heterocycles. The van der Waals surface area contributed by atoms with E-state index in [0.29, 0.717) is 16.9 Å². The predicted octanol–water partition coefficient (Wildman–Crippen LogP) is 8.24. The zero-order valence-electron chi connectivity index (χ0n) is 22.3. The molecule has 0 amide bonds. The van der Waals surface area contributed by atoms with Gasteiger partial charge in [-0.25, -0.2) is 4.79 Å². The fraction of sp³-hybridized carbons (Fsp3) is 0.375. The number of ether oxygens (including phenoxy) is 2. The molecule has 0 spiro atoms. The van der Waals surface area contributed by atoms with Crippen molar-refractivity contribution in [2.24, 2.45) is 5.92 Å². The molecule has 0 N–H and O–H groups in total. The zero-order chi connectivity index (χ0) is 26.3. The molecule has 0 aliphatic heterocycles. The Kier molecular flexibility index (Phi) is 9.08. The SMILES string of the molecule is CCC(C)C(=O)c1ccc(C(=O)Oc2ccc(C(C)c3ccc(OC(C)(CC)CC)cc3)cc2)cc1. The lowest BCUT2D eigenvalue weighted by atomic mass is 9.93. The molecule has 0 aromatic heterocycles. The second kappa shape index (κ2) is 12.0. The van der Waals surface area contributed by atoms with Crippen LogP contribution in [0.5, 0.6) is 11.5 Å². The maximum absolute atomic E-state index is 12.6. The highest BCUT2D eigenvalue weighted by molar-refractivity contribution is 5.99. The first kappa shape index (κ1) is 27.2. The monoisotopic (exact) mass is 486 g/mol. The molecule has 0 bridgehead atoms. The number of carbonyl (C=O) groups excluding carboxylic acids is 2. The van der Waals surface area contributed by atoms with Crippen molar-refractivity contribution in [2.75, 3.05) is 0 Å². The minimum Gasteiger partial charge on any atom is -0.488 e. The summed E-state index contributed by atoms with van der Waals surface area (Å²) >= 11 is 0. The van der Waals surface area contributed by atoms with Crippen LogP contribution < -0.4 is 9.47 Å². The maximum Gasteiger partial charge on any atom is 0.343 e. The van der Waals surface area contributed by atoms with Crippen LogP contribution in [0, 0.1) is 5.92 Å². The summed E-state index contributed by atoms with van der Waals surface area (Å²) in [6.45, 7) is 12.5. The van der Waals surface area contributed by atoms with Gasteiger partial charge in [-0.3, -0.25) is 4.79 Å². The summed E-state index contributed by atoms with van der Waals surface area (Å²) in [4.78, 5) is 24.9. The van der Waals surface area contributed by atoms with Crippen molar-refractivity contribution in [1.82, 2.24) is 0 Å². The number of benzene rings is 3. The highest BCUT2D eigenvalue weighted by Gasteiger charge is 2.21. The summed E-state index contributed by atoms with van der Waals surface area (Å²) < 4.78 is 11.8. The largest absolute Gasteiger partial charge is 0.488 e. The van der Waals surface area contributed by atoms with Gasteiger partial charge in [-0.05, 0) is 73.7 Å². The van der Waals surface area contributed by atoms with E-state index in [9.17, 15) is 9.59 Å². The summed E-state index contributed by atoms with van der Waals surface area (Å²) in [7, 11) is 0. The summed E-state index contributed by atoms with van der Waals surface area (Å²) in [6, 6.07) is 22.6. The number of hydrogen-bond acceptors (Lipinski definition) is 4. The van der Waals surface area contributed by atoms with Gasteiger partial charge < -0.3 is 9.47 Å². The van der Waals surface area contributed by atoms with Gasteiger partial charge in [0.25, 0.3) is 0 Å². The van der Waals surface area contributed by atoms with E-state index >= 15 is 0 Å².